The number of hydrogen-bond acceptors (Lipinski definition) is 4. The Labute approximate surface area is 147 Å². The first-order chi connectivity index (χ1) is 11.8. The molecule has 0 radical (unpaired) electrons. The number of nitrogens with one attached hydrogen (secondary N) is 1. The zero-order chi connectivity index (χ0) is 16.8. The van der Waals surface area contributed by atoms with Crippen molar-refractivity contribution >= 4 is 11.6 Å². The minimum absolute atomic E-state index is 0.0636. The summed E-state index contributed by atoms with van der Waals surface area (Å²) in [5.74, 6) is 1.32. The van der Waals surface area contributed by atoms with Gasteiger partial charge < -0.3 is 19.5 Å². The zero-order valence-corrected chi connectivity index (χ0v) is 14.5. The quantitative estimate of drug-likeness (QED) is 0.861. The molecule has 1 aliphatic rings. The van der Waals surface area contributed by atoms with E-state index in [0.717, 1.165) is 18.7 Å². The SMILES string of the molecule is CCOc1cc(Cl)ccc1O[C@H](c1ccccc1)[C@@H]1CNCCO1. The molecule has 0 bridgehead atoms. The van der Waals surface area contributed by atoms with Gasteiger partial charge in [0, 0.05) is 24.2 Å². The van der Waals surface area contributed by atoms with Gasteiger partial charge in [-0.2, -0.15) is 0 Å². The molecule has 3 rings (SSSR count). The molecule has 1 heterocycles. The van der Waals surface area contributed by atoms with Gasteiger partial charge in [-0.15, -0.1) is 0 Å². The lowest BCUT2D eigenvalue weighted by Gasteiger charge is -2.32. The Morgan fingerprint density at radius 1 is 1.21 bits per heavy atom. The second-order valence-electron chi connectivity index (χ2n) is 5.59. The van der Waals surface area contributed by atoms with Crippen molar-refractivity contribution in [2.24, 2.45) is 0 Å². The van der Waals surface area contributed by atoms with Crippen LogP contribution in [-0.2, 0) is 4.74 Å². The van der Waals surface area contributed by atoms with Crippen LogP contribution in [0.25, 0.3) is 0 Å². The molecule has 2 atom stereocenters. The Morgan fingerprint density at radius 2 is 2.04 bits per heavy atom. The summed E-state index contributed by atoms with van der Waals surface area (Å²) in [6.07, 6.45) is -0.286. The maximum atomic E-state index is 6.33. The molecule has 2 aromatic carbocycles. The van der Waals surface area contributed by atoms with Gasteiger partial charge >= 0.3 is 0 Å². The molecule has 0 aliphatic carbocycles. The van der Waals surface area contributed by atoms with E-state index in [9.17, 15) is 0 Å². The lowest BCUT2D eigenvalue weighted by molar-refractivity contribution is -0.0439. The van der Waals surface area contributed by atoms with E-state index in [4.69, 9.17) is 25.8 Å². The van der Waals surface area contributed by atoms with E-state index in [1.165, 1.54) is 0 Å². The maximum Gasteiger partial charge on any atom is 0.162 e. The normalized spacial score (nSPS) is 18.8. The van der Waals surface area contributed by atoms with E-state index in [-0.39, 0.29) is 12.2 Å². The van der Waals surface area contributed by atoms with E-state index >= 15 is 0 Å². The number of halogens is 1. The summed E-state index contributed by atoms with van der Waals surface area (Å²) in [6, 6.07) is 15.6. The van der Waals surface area contributed by atoms with Crippen molar-refractivity contribution in [3.63, 3.8) is 0 Å². The third-order valence-electron chi connectivity index (χ3n) is 3.88. The standard InChI is InChI=1S/C19H22ClNO3/c1-2-22-17-12-15(20)8-9-16(17)24-19(14-6-4-3-5-7-14)18-13-21-10-11-23-18/h3-9,12,18-19,21H,2,10-11,13H2,1H3/t18-,19+/m0/s1. The highest BCUT2D eigenvalue weighted by atomic mass is 35.5. The second kappa shape index (κ2) is 8.38. The lowest BCUT2D eigenvalue weighted by Crippen LogP contribution is -2.43. The summed E-state index contributed by atoms with van der Waals surface area (Å²) < 4.78 is 17.9. The smallest absolute Gasteiger partial charge is 0.162 e. The van der Waals surface area contributed by atoms with Crippen molar-refractivity contribution < 1.29 is 14.2 Å². The van der Waals surface area contributed by atoms with Crippen LogP contribution in [0.4, 0.5) is 0 Å². The van der Waals surface area contributed by atoms with Crippen LogP contribution in [0.15, 0.2) is 48.5 Å². The van der Waals surface area contributed by atoms with Crippen LogP contribution >= 0.6 is 11.6 Å². The number of morpholine rings is 1. The summed E-state index contributed by atoms with van der Waals surface area (Å²) in [4.78, 5) is 0. The molecule has 0 unspecified atom stereocenters. The number of rotatable bonds is 6. The Hall–Kier alpha value is -1.75. The predicted molar refractivity (Wildman–Crippen MR) is 95.0 cm³/mol. The molecular formula is C19H22ClNO3. The molecule has 0 saturated carbocycles. The van der Waals surface area contributed by atoms with Crippen molar-refractivity contribution in [1.29, 1.82) is 0 Å². The summed E-state index contributed by atoms with van der Waals surface area (Å²) in [5, 5.41) is 3.99. The average Bonchev–Trinajstić information content (AvgIpc) is 2.63. The van der Waals surface area contributed by atoms with Gasteiger partial charge in [0.05, 0.1) is 13.2 Å². The summed E-state index contributed by atoms with van der Waals surface area (Å²) >= 11 is 6.08. The molecule has 0 spiro atoms. The van der Waals surface area contributed by atoms with Gasteiger partial charge in [0.2, 0.25) is 0 Å². The van der Waals surface area contributed by atoms with Crippen molar-refractivity contribution in [3.8, 4) is 11.5 Å². The van der Waals surface area contributed by atoms with Crippen molar-refractivity contribution in [3.05, 3.63) is 59.1 Å². The fraction of sp³-hybridized carbons (Fsp3) is 0.368. The summed E-state index contributed by atoms with van der Waals surface area (Å²) in [5.41, 5.74) is 1.07. The van der Waals surface area contributed by atoms with Crippen LogP contribution in [-0.4, -0.2) is 32.4 Å². The topological polar surface area (TPSA) is 39.7 Å². The number of hydrogen-bond donors (Lipinski definition) is 1. The van der Waals surface area contributed by atoms with E-state index in [0.29, 0.717) is 29.7 Å². The Balaban J connectivity index is 1.89. The third kappa shape index (κ3) is 4.20. The van der Waals surface area contributed by atoms with Gasteiger partial charge in [0.25, 0.3) is 0 Å². The fourth-order valence-corrected chi connectivity index (χ4v) is 2.93. The minimum Gasteiger partial charge on any atom is -0.490 e. The highest BCUT2D eigenvalue weighted by Crippen LogP contribution is 2.35. The first-order valence-corrected chi connectivity index (χ1v) is 8.62. The van der Waals surface area contributed by atoms with Gasteiger partial charge in [-0.25, -0.2) is 0 Å². The van der Waals surface area contributed by atoms with Crippen LogP contribution in [0.3, 0.4) is 0 Å². The molecule has 1 fully saturated rings. The Kier molecular flexibility index (Phi) is 5.96. The largest absolute Gasteiger partial charge is 0.490 e. The Bertz CT molecular complexity index is 644. The van der Waals surface area contributed by atoms with E-state index in [1.54, 1.807) is 12.1 Å². The average molecular weight is 348 g/mol. The van der Waals surface area contributed by atoms with Crippen LogP contribution in [0, 0.1) is 0 Å². The van der Waals surface area contributed by atoms with Crippen LogP contribution in [0.2, 0.25) is 5.02 Å². The van der Waals surface area contributed by atoms with Crippen molar-refractivity contribution in [1.82, 2.24) is 5.32 Å². The summed E-state index contributed by atoms with van der Waals surface area (Å²) in [6.45, 7) is 4.78. The van der Waals surface area contributed by atoms with E-state index in [1.807, 2.05) is 31.2 Å². The number of ether oxygens (including phenoxy) is 3. The molecule has 5 heteroatoms. The first-order valence-electron chi connectivity index (χ1n) is 8.24. The molecule has 24 heavy (non-hydrogen) atoms. The van der Waals surface area contributed by atoms with Crippen molar-refractivity contribution in [2.45, 2.75) is 19.1 Å². The Morgan fingerprint density at radius 3 is 2.75 bits per heavy atom. The lowest BCUT2D eigenvalue weighted by atomic mass is 10.0. The van der Waals surface area contributed by atoms with Crippen molar-refractivity contribution in [2.75, 3.05) is 26.3 Å². The van der Waals surface area contributed by atoms with Gasteiger partial charge in [-0.3, -0.25) is 0 Å². The zero-order valence-electron chi connectivity index (χ0n) is 13.7. The van der Waals surface area contributed by atoms with Gasteiger partial charge in [0.1, 0.15) is 6.10 Å². The molecule has 0 amide bonds. The minimum atomic E-state index is -0.223. The monoisotopic (exact) mass is 347 g/mol. The predicted octanol–water partition coefficient (Wildman–Crippen LogP) is 3.85. The molecule has 1 saturated heterocycles. The van der Waals surface area contributed by atoms with Crippen LogP contribution in [0.5, 0.6) is 11.5 Å². The molecular weight excluding hydrogens is 326 g/mol. The van der Waals surface area contributed by atoms with E-state index < -0.39 is 0 Å². The molecule has 4 nitrogen and oxygen atoms in total. The molecule has 1 N–H and O–H groups in total. The van der Waals surface area contributed by atoms with Crippen LogP contribution in [0.1, 0.15) is 18.6 Å². The first kappa shape index (κ1) is 17.1. The second-order valence-corrected chi connectivity index (χ2v) is 6.02. The molecule has 2 aromatic rings. The fourth-order valence-electron chi connectivity index (χ4n) is 2.77. The molecule has 1 aliphatic heterocycles. The summed E-state index contributed by atoms with van der Waals surface area (Å²) in [7, 11) is 0. The van der Waals surface area contributed by atoms with Gasteiger partial charge in [-0.05, 0) is 24.6 Å². The third-order valence-corrected chi connectivity index (χ3v) is 4.12. The number of benzene rings is 2. The highest BCUT2D eigenvalue weighted by Gasteiger charge is 2.28. The van der Waals surface area contributed by atoms with Gasteiger partial charge in [-0.1, -0.05) is 41.9 Å². The van der Waals surface area contributed by atoms with E-state index in [2.05, 4.69) is 17.4 Å². The van der Waals surface area contributed by atoms with Crippen LogP contribution < -0.4 is 14.8 Å². The highest BCUT2D eigenvalue weighted by molar-refractivity contribution is 6.30. The maximum absolute atomic E-state index is 6.33. The van der Waals surface area contributed by atoms with Gasteiger partial charge in [0.15, 0.2) is 17.6 Å². The molecule has 0 aromatic heterocycles. The molecule has 128 valence electrons.